The monoisotopic (exact) mass is 271 g/mol. The standard InChI is InChI=1S/C8H8O4.C4H9NO2/c1-12-7-4-5(8(10)11)2-3-6(7)9;5-3-1-2-4(6)7/h2-4,9H,1H3,(H,10,11);1-3,5H2,(H,6,7). The molecule has 0 radical (unpaired) electrons. The van der Waals surface area contributed by atoms with Crippen molar-refractivity contribution in [2.45, 2.75) is 12.8 Å². The van der Waals surface area contributed by atoms with E-state index in [1.54, 1.807) is 0 Å². The molecule has 0 aliphatic heterocycles. The molecule has 106 valence electrons. The number of aliphatic carboxylic acids is 1. The van der Waals surface area contributed by atoms with Gasteiger partial charge in [0.1, 0.15) is 0 Å². The van der Waals surface area contributed by atoms with Gasteiger partial charge in [-0.3, -0.25) is 4.79 Å². The van der Waals surface area contributed by atoms with Gasteiger partial charge in [0.25, 0.3) is 0 Å². The molecule has 19 heavy (non-hydrogen) atoms. The minimum Gasteiger partial charge on any atom is -0.504 e. The Labute approximate surface area is 110 Å². The van der Waals surface area contributed by atoms with Gasteiger partial charge in [-0.1, -0.05) is 0 Å². The van der Waals surface area contributed by atoms with Crippen LogP contribution in [0.4, 0.5) is 0 Å². The molecule has 7 heteroatoms. The number of methoxy groups -OCH3 is 1. The molecule has 0 aliphatic carbocycles. The molecule has 0 aliphatic rings. The van der Waals surface area contributed by atoms with Gasteiger partial charge >= 0.3 is 11.9 Å². The Morgan fingerprint density at radius 3 is 2.32 bits per heavy atom. The lowest BCUT2D eigenvalue weighted by Crippen LogP contribution is -2.02. The van der Waals surface area contributed by atoms with E-state index in [-0.39, 0.29) is 23.5 Å². The second-order valence-electron chi connectivity index (χ2n) is 3.48. The molecule has 0 saturated carbocycles. The number of nitrogens with two attached hydrogens (primary N) is 1. The predicted molar refractivity (Wildman–Crippen MR) is 67.5 cm³/mol. The number of carboxylic acid groups (broad SMARTS) is 2. The van der Waals surface area contributed by atoms with E-state index < -0.39 is 11.9 Å². The molecule has 1 rings (SSSR count). The molecule has 0 fully saturated rings. The summed E-state index contributed by atoms with van der Waals surface area (Å²) in [6.45, 7) is 0.465. The van der Waals surface area contributed by atoms with E-state index in [2.05, 4.69) is 0 Å². The van der Waals surface area contributed by atoms with Crippen molar-refractivity contribution in [2.24, 2.45) is 5.73 Å². The molecular formula is C12H17NO6. The van der Waals surface area contributed by atoms with Gasteiger partial charge in [0.2, 0.25) is 0 Å². The lowest BCUT2D eigenvalue weighted by Gasteiger charge is -2.02. The highest BCUT2D eigenvalue weighted by Crippen LogP contribution is 2.25. The first-order chi connectivity index (χ1) is 8.92. The van der Waals surface area contributed by atoms with Crippen molar-refractivity contribution in [2.75, 3.05) is 13.7 Å². The summed E-state index contributed by atoms with van der Waals surface area (Å²) in [6.07, 6.45) is 0.770. The Hall–Kier alpha value is -2.28. The lowest BCUT2D eigenvalue weighted by molar-refractivity contribution is -0.137. The van der Waals surface area contributed by atoms with Crippen LogP contribution in [0.2, 0.25) is 0 Å². The fraction of sp³-hybridized carbons (Fsp3) is 0.333. The summed E-state index contributed by atoms with van der Waals surface area (Å²) in [6, 6.07) is 3.85. The molecule has 0 atom stereocenters. The number of aromatic carboxylic acids is 1. The highest BCUT2D eigenvalue weighted by Gasteiger charge is 2.06. The first-order valence-electron chi connectivity index (χ1n) is 5.44. The summed E-state index contributed by atoms with van der Waals surface area (Å²) >= 11 is 0. The Morgan fingerprint density at radius 1 is 1.32 bits per heavy atom. The number of carboxylic acids is 2. The maximum absolute atomic E-state index is 10.4. The normalized spacial score (nSPS) is 9.16. The first kappa shape index (κ1) is 16.7. The smallest absolute Gasteiger partial charge is 0.335 e. The van der Waals surface area contributed by atoms with Crippen molar-refractivity contribution in [3.8, 4) is 11.5 Å². The molecule has 0 saturated heterocycles. The predicted octanol–water partition coefficient (Wildman–Crippen LogP) is 0.909. The summed E-state index contributed by atoms with van der Waals surface area (Å²) < 4.78 is 4.72. The van der Waals surface area contributed by atoms with E-state index in [1.165, 1.54) is 25.3 Å². The van der Waals surface area contributed by atoms with Crippen LogP contribution in [0.3, 0.4) is 0 Å². The Bertz CT molecular complexity index is 432. The fourth-order valence-electron chi connectivity index (χ4n) is 1.06. The molecule has 1 aromatic rings. The second kappa shape index (κ2) is 8.76. The zero-order valence-corrected chi connectivity index (χ0v) is 10.5. The zero-order chi connectivity index (χ0) is 14.8. The van der Waals surface area contributed by atoms with Gasteiger partial charge in [-0.25, -0.2) is 4.79 Å². The molecule has 0 heterocycles. The quantitative estimate of drug-likeness (QED) is 0.626. The molecule has 0 aromatic heterocycles. The van der Waals surface area contributed by atoms with Crippen molar-refractivity contribution in [1.29, 1.82) is 0 Å². The lowest BCUT2D eigenvalue weighted by atomic mass is 10.2. The summed E-state index contributed by atoms with van der Waals surface area (Å²) in [4.78, 5) is 20.1. The molecule has 7 nitrogen and oxygen atoms in total. The summed E-state index contributed by atoms with van der Waals surface area (Å²) in [5.41, 5.74) is 5.10. The van der Waals surface area contributed by atoms with E-state index in [1.807, 2.05) is 0 Å². The van der Waals surface area contributed by atoms with Gasteiger partial charge in [-0.05, 0) is 31.2 Å². The van der Waals surface area contributed by atoms with Gasteiger partial charge in [-0.15, -0.1) is 0 Å². The molecule has 0 spiro atoms. The van der Waals surface area contributed by atoms with Gasteiger partial charge < -0.3 is 25.8 Å². The summed E-state index contributed by atoms with van der Waals surface area (Å²) in [7, 11) is 1.36. The average molecular weight is 271 g/mol. The highest BCUT2D eigenvalue weighted by atomic mass is 16.5. The third-order valence-corrected chi connectivity index (χ3v) is 2.02. The van der Waals surface area contributed by atoms with Gasteiger partial charge in [0, 0.05) is 6.42 Å². The number of rotatable bonds is 5. The van der Waals surface area contributed by atoms with Crippen molar-refractivity contribution >= 4 is 11.9 Å². The molecule has 0 bridgehead atoms. The fourth-order valence-corrected chi connectivity index (χ4v) is 1.06. The van der Waals surface area contributed by atoms with E-state index >= 15 is 0 Å². The van der Waals surface area contributed by atoms with E-state index in [4.69, 9.17) is 25.8 Å². The Balaban J connectivity index is 0.000000399. The maximum Gasteiger partial charge on any atom is 0.335 e. The number of ether oxygens (including phenoxy) is 1. The first-order valence-corrected chi connectivity index (χ1v) is 5.44. The van der Waals surface area contributed by atoms with E-state index in [0.29, 0.717) is 13.0 Å². The Kier molecular flexibility index (Phi) is 7.71. The number of aromatic hydroxyl groups is 1. The van der Waals surface area contributed by atoms with Crippen LogP contribution in [0, 0.1) is 0 Å². The SMILES string of the molecule is COc1cc(C(=O)O)ccc1O.NCCCC(=O)O. The van der Waals surface area contributed by atoms with E-state index in [9.17, 15) is 9.59 Å². The van der Waals surface area contributed by atoms with Crippen molar-refractivity contribution < 1.29 is 29.6 Å². The molecule has 0 amide bonds. The van der Waals surface area contributed by atoms with Crippen LogP contribution in [0.5, 0.6) is 11.5 Å². The van der Waals surface area contributed by atoms with Crippen LogP contribution in [0.1, 0.15) is 23.2 Å². The number of phenols is 1. The third kappa shape index (κ3) is 6.89. The average Bonchev–Trinajstić information content (AvgIpc) is 2.37. The van der Waals surface area contributed by atoms with Crippen LogP contribution in [0.15, 0.2) is 18.2 Å². The minimum atomic E-state index is -1.05. The molecule has 1 aromatic carbocycles. The topological polar surface area (TPSA) is 130 Å². The maximum atomic E-state index is 10.4. The van der Waals surface area contributed by atoms with Gasteiger partial charge in [-0.2, -0.15) is 0 Å². The summed E-state index contributed by atoms with van der Waals surface area (Å²) in [5, 5.41) is 25.6. The second-order valence-corrected chi connectivity index (χ2v) is 3.48. The Morgan fingerprint density at radius 2 is 1.95 bits per heavy atom. The highest BCUT2D eigenvalue weighted by molar-refractivity contribution is 5.88. The number of phenolic OH excluding ortho intramolecular Hbond substituents is 1. The van der Waals surface area contributed by atoms with Crippen LogP contribution < -0.4 is 10.5 Å². The van der Waals surface area contributed by atoms with Gasteiger partial charge in [0.05, 0.1) is 12.7 Å². The number of hydrogen-bond donors (Lipinski definition) is 4. The number of benzene rings is 1. The summed E-state index contributed by atoms with van der Waals surface area (Å²) in [5.74, 6) is -1.73. The third-order valence-electron chi connectivity index (χ3n) is 2.02. The van der Waals surface area contributed by atoms with E-state index in [0.717, 1.165) is 0 Å². The molecular weight excluding hydrogens is 254 g/mol. The van der Waals surface area contributed by atoms with Crippen LogP contribution in [0.25, 0.3) is 0 Å². The van der Waals surface area contributed by atoms with Crippen molar-refractivity contribution in [3.63, 3.8) is 0 Å². The van der Waals surface area contributed by atoms with Crippen LogP contribution >= 0.6 is 0 Å². The number of carbonyl (C=O) groups is 2. The van der Waals surface area contributed by atoms with Gasteiger partial charge in [0.15, 0.2) is 11.5 Å². The molecule has 5 N–H and O–H groups in total. The van der Waals surface area contributed by atoms with Crippen molar-refractivity contribution in [3.05, 3.63) is 23.8 Å². The number of hydrogen-bond acceptors (Lipinski definition) is 5. The largest absolute Gasteiger partial charge is 0.504 e. The molecule has 0 unspecified atom stereocenters. The van der Waals surface area contributed by atoms with Crippen molar-refractivity contribution in [1.82, 2.24) is 0 Å². The van der Waals surface area contributed by atoms with Crippen LogP contribution in [-0.2, 0) is 4.79 Å². The zero-order valence-electron chi connectivity index (χ0n) is 10.5. The van der Waals surface area contributed by atoms with Crippen LogP contribution in [-0.4, -0.2) is 40.9 Å². The minimum absolute atomic E-state index is 0.0671.